The zero-order valence-electron chi connectivity index (χ0n) is 7.97. The molecule has 0 amide bonds. The SMILES string of the molecule is CC(=O)C(Br)c1ccc(Cl)c(OCF)c1. The lowest BCUT2D eigenvalue weighted by atomic mass is 10.1. The third-order valence-electron chi connectivity index (χ3n) is 1.81. The van der Waals surface area contributed by atoms with Gasteiger partial charge in [-0.25, -0.2) is 4.39 Å². The maximum Gasteiger partial charge on any atom is 0.228 e. The highest BCUT2D eigenvalue weighted by Gasteiger charge is 2.14. The van der Waals surface area contributed by atoms with Crippen molar-refractivity contribution in [1.29, 1.82) is 0 Å². The maximum atomic E-state index is 12.0. The van der Waals surface area contributed by atoms with E-state index in [2.05, 4.69) is 20.7 Å². The van der Waals surface area contributed by atoms with Gasteiger partial charge in [-0.15, -0.1) is 0 Å². The Bertz CT molecular complexity index is 370. The second kappa shape index (κ2) is 5.47. The van der Waals surface area contributed by atoms with Crippen LogP contribution < -0.4 is 4.74 Å². The molecule has 0 aliphatic carbocycles. The summed E-state index contributed by atoms with van der Waals surface area (Å²) in [4.78, 5) is 10.7. The number of Topliss-reactive ketones (excluding diaryl/α,β-unsaturated/α-hetero) is 1. The standard InChI is InChI=1S/C10H9BrClFO2/c1-6(14)10(11)7-2-3-8(12)9(4-7)15-5-13/h2-4,10H,5H2,1H3. The van der Waals surface area contributed by atoms with Crippen LogP contribution in [0.3, 0.4) is 0 Å². The molecule has 1 rings (SSSR count). The minimum absolute atomic E-state index is 0.0384. The molecular formula is C10H9BrClFO2. The molecule has 0 spiro atoms. The van der Waals surface area contributed by atoms with Crippen LogP contribution >= 0.6 is 27.5 Å². The molecule has 1 atom stereocenters. The summed E-state index contributed by atoms with van der Waals surface area (Å²) in [6.45, 7) is 0.514. The Balaban J connectivity index is 3.01. The summed E-state index contributed by atoms with van der Waals surface area (Å²) in [5.74, 6) is 0.200. The normalized spacial score (nSPS) is 12.3. The maximum absolute atomic E-state index is 12.0. The Morgan fingerprint density at radius 1 is 1.67 bits per heavy atom. The average Bonchev–Trinajstić information content (AvgIpc) is 2.20. The number of ketones is 1. The van der Waals surface area contributed by atoms with E-state index in [9.17, 15) is 9.18 Å². The molecule has 0 fully saturated rings. The van der Waals surface area contributed by atoms with Crippen LogP contribution in [-0.4, -0.2) is 12.6 Å². The summed E-state index contributed by atoms with van der Waals surface area (Å²) in [6, 6.07) is 4.80. The van der Waals surface area contributed by atoms with Gasteiger partial charge in [0.15, 0.2) is 0 Å². The largest absolute Gasteiger partial charge is 0.461 e. The molecule has 0 bridgehead atoms. The van der Waals surface area contributed by atoms with E-state index in [1.807, 2.05) is 0 Å². The Hall–Kier alpha value is -0.610. The van der Waals surface area contributed by atoms with Gasteiger partial charge in [0.05, 0.1) is 9.85 Å². The summed E-state index contributed by atoms with van der Waals surface area (Å²) in [5, 5.41) is 0.319. The Kier molecular flexibility index (Phi) is 4.54. The van der Waals surface area contributed by atoms with E-state index in [0.717, 1.165) is 0 Å². The third kappa shape index (κ3) is 3.18. The summed E-state index contributed by atoms with van der Waals surface area (Å²) in [6.07, 6.45) is 0. The van der Waals surface area contributed by atoms with Gasteiger partial charge in [-0.1, -0.05) is 33.6 Å². The molecule has 0 saturated carbocycles. The van der Waals surface area contributed by atoms with Crippen LogP contribution in [0.2, 0.25) is 5.02 Å². The number of carbonyl (C=O) groups excluding carboxylic acids is 1. The Morgan fingerprint density at radius 2 is 2.33 bits per heavy atom. The van der Waals surface area contributed by atoms with Crippen molar-refractivity contribution in [2.75, 3.05) is 6.86 Å². The highest BCUT2D eigenvalue weighted by molar-refractivity contribution is 9.09. The van der Waals surface area contributed by atoms with Crippen LogP contribution in [0, 0.1) is 0 Å². The molecule has 5 heteroatoms. The summed E-state index contributed by atoms with van der Waals surface area (Å²) < 4.78 is 16.7. The predicted molar refractivity (Wildman–Crippen MR) is 60.4 cm³/mol. The van der Waals surface area contributed by atoms with E-state index < -0.39 is 11.7 Å². The van der Waals surface area contributed by atoms with E-state index in [4.69, 9.17) is 11.6 Å². The highest BCUT2D eigenvalue weighted by atomic mass is 79.9. The van der Waals surface area contributed by atoms with Crippen LogP contribution in [0.15, 0.2) is 18.2 Å². The number of ether oxygens (including phenoxy) is 1. The van der Waals surface area contributed by atoms with Crippen molar-refractivity contribution in [2.24, 2.45) is 0 Å². The summed E-state index contributed by atoms with van der Waals surface area (Å²) >= 11 is 8.99. The molecule has 1 aromatic rings. The molecule has 0 aliphatic rings. The molecule has 0 aromatic heterocycles. The zero-order valence-corrected chi connectivity index (χ0v) is 10.3. The minimum Gasteiger partial charge on any atom is -0.461 e. The number of alkyl halides is 2. The van der Waals surface area contributed by atoms with Gasteiger partial charge in [-0.3, -0.25) is 4.79 Å². The van der Waals surface area contributed by atoms with Gasteiger partial charge in [0.2, 0.25) is 6.86 Å². The molecule has 0 N–H and O–H groups in total. The van der Waals surface area contributed by atoms with Crippen molar-refractivity contribution in [1.82, 2.24) is 0 Å². The van der Waals surface area contributed by atoms with E-state index in [1.165, 1.54) is 6.92 Å². The van der Waals surface area contributed by atoms with E-state index >= 15 is 0 Å². The lowest BCUT2D eigenvalue weighted by Crippen LogP contribution is -2.01. The van der Waals surface area contributed by atoms with Crippen LogP contribution in [0.1, 0.15) is 17.3 Å². The summed E-state index contributed by atoms with van der Waals surface area (Å²) in [5.41, 5.74) is 0.690. The molecule has 1 unspecified atom stereocenters. The zero-order chi connectivity index (χ0) is 11.4. The molecule has 1 aromatic carbocycles. The minimum atomic E-state index is -0.948. The average molecular weight is 296 g/mol. The topological polar surface area (TPSA) is 26.3 Å². The number of benzene rings is 1. The number of carbonyl (C=O) groups is 1. The number of halogens is 3. The van der Waals surface area contributed by atoms with Crippen molar-refractivity contribution in [2.45, 2.75) is 11.8 Å². The lowest BCUT2D eigenvalue weighted by Gasteiger charge is -2.09. The van der Waals surface area contributed by atoms with Crippen LogP contribution in [0.4, 0.5) is 4.39 Å². The first kappa shape index (κ1) is 12.5. The fourth-order valence-electron chi connectivity index (χ4n) is 1.08. The van der Waals surface area contributed by atoms with E-state index in [0.29, 0.717) is 10.6 Å². The van der Waals surface area contributed by atoms with Gasteiger partial charge in [0.25, 0.3) is 0 Å². The first-order valence-electron chi connectivity index (χ1n) is 4.19. The van der Waals surface area contributed by atoms with Gasteiger partial charge < -0.3 is 4.74 Å². The second-order valence-electron chi connectivity index (χ2n) is 2.92. The summed E-state index contributed by atoms with van der Waals surface area (Å²) in [7, 11) is 0. The van der Waals surface area contributed by atoms with Crippen LogP contribution in [0.25, 0.3) is 0 Å². The highest BCUT2D eigenvalue weighted by Crippen LogP contribution is 2.31. The molecule has 0 radical (unpaired) electrons. The van der Waals surface area contributed by atoms with Gasteiger partial charge in [-0.05, 0) is 24.6 Å². The second-order valence-corrected chi connectivity index (χ2v) is 4.24. The Labute approximate surface area is 101 Å². The number of rotatable bonds is 4. The molecular weight excluding hydrogens is 286 g/mol. The van der Waals surface area contributed by atoms with Gasteiger partial charge in [0, 0.05) is 0 Å². The smallest absolute Gasteiger partial charge is 0.228 e. The number of hydrogen-bond donors (Lipinski definition) is 0. The third-order valence-corrected chi connectivity index (χ3v) is 3.30. The fourth-order valence-corrected chi connectivity index (χ4v) is 1.54. The monoisotopic (exact) mass is 294 g/mol. The van der Waals surface area contributed by atoms with Crippen molar-refractivity contribution in [3.63, 3.8) is 0 Å². The molecule has 15 heavy (non-hydrogen) atoms. The van der Waals surface area contributed by atoms with Gasteiger partial charge >= 0.3 is 0 Å². The molecule has 0 aliphatic heterocycles. The first-order chi connectivity index (χ1) is 7.06. The van der Waals surface area contributed by atoms with E-state index in [-0.39, 0.29) is 11.5 Å². The van der Waals surface area contributed by atoms with Crippen molar-refractivity contribution in [3.8, 4) is 5.75 Å². The van der Waals surface area contributed by atoms with Gasteiger partial charge in [0.1, 0.15) is 11.5 Å². The molecule has 2 nitrogen and oxygen atoms in total. The number of hydrogen-bond acceptors (Lipinski definition) is 2. The van der Waals surface area contributed by atoms with Gasteiger partial charge in [-0.2, -0.15) is 0 Å². The first-order valence-corrected chi connectivity index (χ1v) is 5.48. The van der Waals surface area contributed by atoms with Crippen molar-refractivity contribution >= 4 is 33.3 Å². The fraction of sp³-hybridized carbons (Fsp3) is 0.300. The molecule has 82 valence electrons. The predicted octanol–water partition coefficient (Wildman–Crippen LogP) is 3.67. The van der Waals surface area contributed by atoms with E-state index in [1.54, 1.807) is 18.2 Å². The van der Waals surface area contributed by atoms with Crippen LogP contribution in [-0.2, 0) is 4.79 Å². The molecule has 0 heterocycles. The lowest BCUT2D eigenvalue weighted by molar-refractivity contribution is -0.116. The Morgan fingerprint density at radius 3 is 2.87 bits per heavy atom. The van der Waals surface area contributed by atoms with Crippen LogP contribution in [0.5, 0.6) is 5.75 Å². The van der Waals surface area contributed by atoms with Crippen molar-refractivity contribution < 1.29 is 13.9 Å². The van der Waals surface area contributed by atoms with Crippen molar-refractivity contribution in [3.05, 3.63) is 28.8 Å². The molecule has 0 saturated heterocycles. The quantitative estimate of drug-likeness (QED) is 0.792.